The van der Waals surface area contributed by atoms with Gasteiger partial charge in [-0.1, -0.05) is 19.8 Å². The summed E-state index contributed by atoms with van der Waals surface area (Å²) in [4.78, 5) is 21.2. The van der Waals surface area contributed by atoms with E-state index in [2.05, 4.69) is 4.72 Å². The number of carbonyl (C=O) groups is 1. The number of benzene rings is 1. The standard InChI is InChI=1S/C14H20N2O6S/c1-4-5-6-12(14(17)18)15-23(21,22)13-8-11(16(19)20)7-9(2)10(13)3/h7-8,12,15H,4-6H2,1-3H3,(H,17,18). The third-order valence-corrected chi connectivity index (χ3v) is 5.14. The number of nitrogens with one attached hydrogen (secondary N) is 1. The van der Waals surface area contributed by atoms with Crippen molar-refractivity contribution in [2.45, 2.75) is 51.0 Å². The summed E-state index contributed by atoms with van der Waals surface area (Å²) in [6.45, 7) is 4.95. The zero-order chi connectivity index (χ0) is 17.8. The normalized spacial score (nSPS) is 12.8. The molecule has 0 aromatic heterocycles. The number of carboxylic acids is 1. The molecule has 8 nitrogen and oxygen atoms in total. The molecule has 0 heterocycles. The lowest BCUT2D eigenvalue weighted by Gasteiger charge is -2.16. The SMILES string of the molecule is CCCCC(NS(=O)(=O)c1cc([N+](=O)[O-])cc(C)c1C)C(=O)O. The average Bonchev–Trinajstić information content (AvgIpc) is 2.45. The van der Waals surface area contributed by atoms with E-state index in [0.29, 0.717) is 17.5 Å². The van der Waals surface area contributed by atoms with Crippen molar-refractivity contribution in [2.75, 3.05) is 0 Å². The van der Waals surface area contributed by atoms with Crippen molar-refractivity contribution in [2.24, 2.45) is 0 Å². The molecule has 1 rings (SSSR count). The van der Waals surface area contributed by atoms with E-state index >= 15 is 0 Å². The maximum atomic E-state index is 12.5. The van der Waals surface area contributed by atoms with Gasteiger partial charge in [0.1, 0.15) is 6.04 Å². The van der Waals surface area contributed by atoms with Crippen molar-refractivity contribution in [1.29, 1.82) is 0 Å². The lowest BCUT2D eigenvalue weighted by atomic mass is 10.1. The average molecular weight is 344 g/mol. The molecule has 0 fully saturated rings. The first-order chi connectivity index (χ1) is 10.6. The van der Waals surface area contributed by atoms with Gasteiger partial charge in [-0.15, -0.1) is 0 Å². The molecule has 1 aromatic rings. The zero-order valence-electron chi connectivity index (χ0n) is 13.2. The Balaban J connectivity index is 3.26. The predicted octanol–water partition coefficient (Wildman–Crippen LogP) is 2.13. The Hall–Kier alpha value is -2.00. The fourth-order valence-electron chi connectivity index (χ4n) is 2.08. The Kier molecular flexibility index (Phi) is 6.22. The number of hydrogen-bond donors (Lipinski definition) is 2. The highest BCUT2D eigenvalue weighted by Crippen LogP contribution is 2.25. The van der Waals surface area contributed by atoms with Crippen molar-refractivity contribution in [3.8, 4) is 0 Å². The van der Waals surface area contributed by atoms with Crippen LogP contribution in [-0.2, 0) is 14.8 Å². The molecule has 0 aliphatic heterocycles. The summed E-state index contributed by atoms with van der Waals surface area (Å²) in [5, 5.41) is 20.1. The maximum Gasteiger partial charge on any atom is 0.321 e. The maximum absolute atomic E-state index is 12.5. The van der Waals surface area contributed by atoms with Crippen LogP contribution in [0.3, 0.4) is 0 Å². The summed E-state index contributed by atoms with van der Waals surface area (Å²) in [6, 6.07) is 0.961. The Morgan fingerprint density at radius 2 is 2.00 bits per heavy atom. The van der Waals surface area contributed by atoms with E-state index in [1.165, 1.54) is 13.0 Å². The first kappa shape index (κ1) is 19.0. The van der Waals surface area contributed by atoms with E-state index in [1.54, 1.807) is 6.92 Å². The number of aliphatic carboxylic acids is 1. The number of non-ortho nitro benzene ring substituents is 1. The fourth-order valence-corrected chi connectivity index (χ4v) is 3.65. The summed E-state index contributed by atoms with van der Waals surface area (Å²) in [5.41, 5.74) is 0.441. The van der Waals surface area contributed by atoms with E-state index in [4.69, 9.17) is 5.11 Å². The Labute approximate surface area is 134 Å². The highest BCUT2D eigenvalue weighted by molar-refractivity contribution is 7.89. The molecule has 128 valence electrons. The Bertz CT molecular complexity index is 714. The van der Waals surface area contributed by atoms with E-state index in [1.807, 2.05) is 6.92 Å². The van der Waals surface area contributed by atoms with Crippen LogP contribution in [0.1, 0.15) is 37.3 Å². The van der Waals surface area contributed by atoms with Crippen molar-refractivity contribution in [1.82, 2.24) is 4.72 Å². The quantitative estimate of drug-likeness (QED) is 0.549. The van der Waals surface area contributed by atoms with E-state index in [0.717, 1.165) is 12.5 Å². The van der Waals surface area contributed by atoms with Crippen LogP contribution in [0, 0.1) is 24.0 Å². The number of unbranched alkanes of at least 4 members (excludes halogenated alkanes) is 1. The molecule has 1 aromatic carbocycles. The molecule has 0 aliphatic rings. The molecule has 0 bridgehead atoms. The van der Waals surface area contributed by atoms with Gasteiger partial charge in [0.15, 0.2) is 0 Å². The summed E-state index contributed by atoms with van der Waals surface area (Å²) in [7, 11) is -4.18. The van der Waals surface area contributed by atoms with Crippen molar-refractivity contribution in [3.63, 3.8) is 0 Å². The summed E-state index contributed by atoms with van der Waals surface area (Å²) in [6.07, 6.45) is 1.42. The first-order valence-corrected chi connectivity index (χ1v) is 8.59. The van der Waals surface area contributed by atoms with Crippen LogP contribution in [0.4, 0.5) is 5.69 Å². The predicted molar refractivity (Wildman–Crippen MR) is 83.8 cm³/mol. The van der Waals surface area contributed by atoms with E-state index < -0.39 is 27.0 Å². The van der Waals surface area contributed by atoms with Crippen LogP contribution in [0.15, 0.2) is 17.0 Å². The van der Waals surface area contributed by atoms with E-state index in [9.17, 15) is 23.3 Å². The molecule has 0 amide bonds. The summed E-state index contributed by atoms with van der Waals surface area (Å²) >= 11 is 0. The van der Waals surface area contributed by atoms with Crippen molar-refractivity contribution < 1.29 is 23.2 Å². The molecule has 0 aliphatic carbocycles. The van der Waals surface area contributed by atoms with Crippen LogP contribution >= 0.6 is 0 Å². The van der Waals surface area contributed by atoms with Crippen LogP contribution in [0.5, 0.6) is 0 Å². The minimum absolute atomic E-state index is 0.151. The van der Waals surface area contributed by atoms with Gasteiger partial charge >= 0.3 is 5.97 Å². The number of sulfonamides is 1. The van der Waals surface area contributed by atoms with Crippen molar-refractivity contribution >= 4 is 21.7 Å². The minimum Gasteiger partial charge on any atom is -0.480 e. The number of carboxylic acid groups (broad SMARTS) is 1. The van der Waals surface area contributed by atoms with Gasteiger partial charge in [-0.05, 0) is 31.4 Å². The number of nitro benzene ring substituents is 1. The molecule has 1 atom stereocenters. The number of hydrogen-bond acceptors (Lipinski definition) is 5. The zero-order valence-corrected chi connectivity index (χ0v) is 14.0. The van der Waals surface area contributed by atoms with Gasteiger partial charge in [0.05, 0.1) is 9.82 Å². The minimum atomic E-state index is -4.18. The number of rotatable bonds is 8. The molecular weight excluding hydrogens is 324 g/mol. The second-order valence-electron chi connectivity index (χ2n) is 5.30. The van der Waals surface area contributed by atoms with Crippen LogP contribution in [0.2, 0.25) is 0 Å². The summed E-state index contributed by atoms with van der Waals surface area (Å²) in [5.74, 6) is -1.28. The van der Waals surface area contributed by atoms with Gasteiger partial charge in [0, 0.05) is 12.1 Å². The lowest BCUT2D eigenvalue weighted by molar-refractivity contribution is -0.385. The number of nitrogens with zero attached hydrogens (tertiary/aromatic N) is 1. The number of aryl methyl sites for hydroxylation is 1. The van der Waals surface area contributed by atoms with Gasteiger partial charge < -0.3 is 5.11 Å². The molecular formula is C14H20N2O6S. The highest BCUT2D eigenvalue weighted by Gasteiger charge is 2.28. The second-order valence-corrected chi connectivity index (χ2v) is 6.98. The monoisotopic (exact) mass is 344 g/mol. The smallest absolute Gasteiger partial charge is 0.321 e. The van der Waals surface area contributed by atoms with Crippen LogP contribution in [0.25, 0.3) is 0 Å². The molecule has 1 unspecified atom stereocenters. The Morgan fingerprint density at radius 3 is 2.48 bits per heavy atom. The molecule has 0 spiro atoms. The second kappa shape index (κ2) is 7.51. The summed E-state index contributed by atoms with van der Waals surface area (Å²) < 4.78 is 27.1. The van der Waals surface area contributed by atoms with Gasteiger partial charge in [0.2, 0.25) is 10.0 Å². The molecule has 0 saturated heterocycles. The van der Waals surface area contributed by atoms with Gasteiger partial charge in [-0.2, -0.15) is 4.72 Å². The molecule has 9 heteroatoms. The van der Waals surface area contributed by atoms with Crippen LogP contribution in [-0.4, -0.2) is 30.5 Å². The van der Waals surface area contributed by atoms with Gasteiger partial charge in [-0.25, -0.2) is 8.42 Å². The molecule has 0 saturated carbocycles. The number of nitro groups is 1. The third kappa shape index (κ3) is 4.73. The molecule has 2 N–H and O–H groups in total. The topological polar surface area (TPSA) is 127 Å². The molecule has 23 heavy (non-hydrogen) atoms. The molecule has 0 radical (unpaired) electrons. The lowest BCUT2D eigenvalue weighted by Crippen LogP contribution is -2.40. The van der Waals surface area contributed by atoms with Crippen molar-refractivity contribution in [3.05, 3.63) is 33.4 Å². The first-order valence-electron chi connectivity index (χ1n) is 7.11. The largest absolute Gasteiger partial charge is 0.480 e. The van der Waals surface area contributed by atoms with Crippen LogP contribution < -0.4 is 4.72 Å². The third-order valence-electron chi connectivity index (χ3n) is 3.55. The van der Waals surface area contributed by atoms with Gasteiger partial charge in [-0.3, -0.25) is 14.9 Å². The fraction of sp³-hybridized carbons (Fsp3) is 0.500. The van der Waals surface area contributed by atoms with E-state index in [-0.39, 0.29) is 17.0 Å². The van der Waals surface area contributed by atoms with Gasteiger partial charge in [0.25, 0.3) is 5.69 Å². The Morgan fingerprint density at radius 1 is 1.39 bits per heavy atom. The highest BCUT2D eigenvalue weighted by atomic mass is 32.2.